The Hall–Kier alpha value is -1.70. The van der Waals surface area contributed by atoms with E-state index in [9.17, 15) is 4.79 Å². The van der Waals surface area contributed by atoms with Crippen molar-refractivity contribution >= 4 is 16.7 Å². The summed E-state index contributed by atoms with van der Waals surface area (Å²) >= 11 is 0. The molecule has 1 fully saturated rings. The third kappa shape index (κ3) is 1.95. The summed E-state index contributed by atoms with van der Waals surface area (Å²) in [6, 6.07) is 9.75. The van der Waals surface area contributed by atoms with Crippen LogP contribution < -0.4 is 0 Å². The highest BCUT2D eigenvalue weighted by Crippen LogP contribution is 2.31. The normalized spacial score (nSPS) is 15.8. The van der Waals surface area contributed by atoms with Crippen molar-refractivity contribution in [3.63, 3.8) is 0 Å². The second-order valence-corrected chi connectivity index (χ2v) is 4.80. The zero-order valence-electron chi connectivity index (χ0n) is 9.73. The maximum absolute atomic E-state index is 12.2. The number of nitrogens with zero attached hydrogens (tertiary/aromatic N) is 1. The molecule has 1 aromatic heterocycles. The fourth-order valence-electron chi connectivity index (χ4n) is 2.40. The lowest BCUT2D eigenvalue weighted by Gasteiger charge is -2.24. The molecule has 2 nitrogen and oxygen atoms in total. The van der Waals surface area contributed by atoms with Gasteiger partial charge in [-0.15, -0.1) is 0 Å². The Kier molecular flexibility index (Phi) is 2.63. The Morgan fingerprint density at radius 1 is 1.24 bits per heavy atom. The van der Waals surface area contributed by atoms with E-state index in [0.717, 1.165) is 16.5 Å². The molecule has 1 heterocycles. The van der Waals surface area contributed by atoms with Gasteiger partial charge in [0.15, 0.2) is 5.78 Å². The van der Waals surface area contributed by atoms with Crippen LogP contribution in [0.25, 0.3) is 10.9 Å². The highest BCUT2D eigenvalue weighted by atomic mass is 16.1. The summed E-state index contributed by atoms with van der Waals surface area (Å²) in [5, 5.41) is 1.05. The molecule has 17 heavy (non-hydrogen) atoms. The quantitative estimate of drug-likeness (QED) is 0.747. The molecule has 0 atom stereocenters. The third-order valence-corrected chi connectivity index (χ3v) is 3.63. The Balaban J connectivity index is 1.95. The molecule has 1 aliphatic rings. The number of hydrogen-bond donors (Lipinski definition) is 0. The van der Waals surface area contributed by atoms with E-state index in [1.807, 2.05) is 30.3 Å². The van der Waals surface area contributed by atoms with E-state index >= 15 is 0 Å². The Labute approximate surface area is 101 Å². The van der Waals surface area contributed by atoms with Crippen LogP contribution in [0, 0.1) is 5.92 Å². The van der Waals surface area contributed by atoms with E-state index in [4.69, 9.17) is 0 Å². The molecule has 1 aliphatic carbocycles. The first-order valence-electron chi connectivity index (χ1n) is 6.21. The largest absolute Gasteiger partial charge is 0.294 e. The zero-order valence-corrected chi connectivity index (χ0v) is 9.73. The maximum Gasteiger partial charge on any atom is 0.165 e. The lowest BCUT2D eigenvalue weighted by molar-refractivity contribution is 0.0938. The second-order valence-electron chi connectivity index (χ2n) is 4.80. The monoisotopic (exact) mass is 225 g/mol. The van der Waals surface area contributed by atoms with Crippen molar-refractivity contribution in [2.45, 2.75) is 25.7 Å². The molecule has 0 aliphatic heterocycles. The summed E-state index contributed by atoms with van der Waals surface area (Å²) in [5.74, 6) is 0.862. The number of benzene rings is 1. The van der Waals surface area contributed by atoms with E-state index < -0.39 is 0 Å². The molecule has 0 amide bonds. The molecule has 86 valence electrons. The lowest BCUT2D eigenvalue weighted by atomic mass is 9.81. The second kappa shape index (κ2) is 4.28. The topological polar surface area (TPSA) is 30.0 Å². The molecule has 2 aromatic rings. The minimum absolute atomic E-state index is 0.249. The Bertz CT molecular complexity index is 552. The minimum Gasteiger partial charge on any atom is -0.294 e. The molecule has 0 unspecified atom stereocenters. The highest BCUT2D eigenvalue weighted by molar-refractivity contribution is 6.06. The molecule has 0 saturated heterocycles. The van der Waals surface area contributed by atoms with Gasteiger partial charge in [0.1, 0.15) is 0 Å². The van der Waals surface area contributed by atoms with Crippen LogP contribution in [0.3, 0.4) is 0 Å². The van der Waals surface area contributed by atoms with E-state index in [-0.39, 0.29) is 5.78 Å². The minimum atomic E-state index is 0.249. The number of aromatic nitrogens is 1. The van der Waals surface area contributed by atoms with Gasteiger partial charge in [-0.25, -0.2) is 0 Å². The predicted octanol–water partition coefficient (Wildman–Crippen LogP) is 3.61. The van der Waals surface area contributed by atoms with Gasteiger partial charge in [0.2, 0.25) is 0 Å². The van der Waals surface area contributed by atoms with Gasteiger partial charge in [-0.2, -0.15) is 0 Å². The molecule has 0 radical (unpaired) electrons. The van der Waals surface area contributed by atoms with Crippen molar-refractivity contribution in [2.75, 3.05) is 0 Å². The summed E-state index contributed by atoms with van der Waals surface area (Å²) in [7, 11) is 0. The third-order valence-electron chi connectivity index (χ3n) is 3.63. The number of fused-ring (bicyclic) bond motifs is 1. The van der Waals surface area contributed by atoms with E-state index in [1.54, 1.807) is 6.20 Å². The van der Waals surface area contributed by atoms with Crippen LogP contribution in [0.5, 0.6) is 0 Å². The first-order valence-corrected chi connectivity index (χ1v) is 6.21. The predicted molar refractivity (Wildman–Crippen MR) is 68.0 cm³/mol. The summed E-state index contributed by atoms with van der Waals surface area (Å²) in [6.07, 6.45) is 6.15. The average molecular weight is 225 g/mol. The summed E-state index contributed by atoms with van der Waals surface area (Å²) in [5.41, 5.74) is 1.63. The number of ketones is 1. The fraction of sp³-hybridized carbons (Fsp3) is 0.333. The van der Waals surface area contributed by atoms with Crippen LogP contribution in [0.4, 0.5) is 0 Å². The van der Waals surface area contributed by atoms with Gasteiger partial charge in [-0.3, -0.25) is 9.78 Å². The maximum atomic E-state index is 12.2. The molecule has 1 saturated carbocycles. The smallest absolute Gasteiger partial charge is 0.165 e. The van der Waals surface area contributed by atoms with Gasteiger partial charge in [0, 0.05) is 23.6 Å². The average Bonchev–Trinajstić information content (AvgIpc) is 2.33. The fourth-order valence-corrected chi connectivity index (χ4v) is 2.40. The van der Waals surface area contributed by atoms with Gasteiger partial charge in [-0.1, -0.05) is 37.5 Å². The number of carbonyl (C=O) groups is 1. The number of para-hydroxylation sites is 1. The van der Waals surface area contributed by atoms with Crippen molar-refractivity contribution in [3.05, 3.63) is 42.1 Å². The number of hydrogen-bond acceptors (Lipinski definition) is 2. The molecule has 3 rings (SSSR count). The molecule has 0 bridgehead atoms. The number of carbonyl (C=O) groups excluding carboxylic acids is 1. The van der Waals surface area contributed by atoms with Gasteiger partial charge in [0.05, 0.1) is 5.52 Å². The Morgan fingerprint density at radius 2 is 2.06 bits per heavy atom. The molecular formula is C15H15NO. The van der Waals surface area contributed by atoms with Crippen molar-refractivity contribution in [3.8, 4) is 0 Å². The molecule has 0 N–H and O–H groups in total. The van der Waals surface area contributed by atoms with Crippen LogP contribution in [0.1, 0.15) is 36.0 Å². The summed E-state index contributed by atoms with van der Waals surface area (Å²) < 4.78 is 0. The SMILES string of the molecule is O=C(CC1CCC1)c1cccc2cccnc12. The summed E-state index contributed by atoms with van der Waals surface area (Å²) in [6.45, 7) is 0. The van der Waals surface area contributed by atoms with Gasteiger partial charge >= 0.3 is 0 Å². The Morgan fingerprint density at radius 3 is 2.82 bits per heavy atom. The van der Waals surface area contributed by atoms with Gasteiger partial charge < -0.3 is 0 Å². The molecule has 2 heteroatoms. The zero-order chi connectivity index (χ0) is 11.7. The lowest BCUT2D eigenvalue weighted by Crippen LogP contribution is -2.16. The molecular weight excluding hydrogens is 210 g/mol. The van der Waals surface area contributed by atoms with E-state index in [2.05, 4.69) is 4.98 Å². The highest BCUT2D eigenvalue weighted by Gasteiger charge is 2.22. The van der Waals surface area contributed by atoms with Gasteiger partial charge in [-0.05, 0) is 18.1 Å². The van der Waals surface area contributed by atoms with Crippen LogP contribution in [0.2, 0.25) is 0 Å². The van der Waals surface area contributed by atoms with Crippen molar-refractivity contribution < 1.29 is 4.79 Å². The first-order chi connectivity index (χ1) is 8.34. The first kappa shape index (κ1) is 10.5. The van der Waals surface area contributed by atoms with Crippen molar-refractivity contribution in [1.82, 2.24) is 4.98 Å². The van der Waals surface area contributed by atoms with Crippen LogP contribution in [-0.4, -0.2) is 10.8 Å². The van der Waals surface area contributed by atoms with E-state index in [1.165, 1.54) is 19.3 Å². The van der Waals surface area contributed by atoms with E-state index in [0.29, 0.717) is 12.3 Å². The van der Waals surface area contributed by atoms with Crippen molar-refractivity contribution in [2.24, 2.45) is 5.92 Å². The van der Waals surface area contributed by atoms with Crippen LogP contribution in [-0.2, 0) is 0 Å². The number of pyridine rings is 1. The standard InChI is InChI=1S/C15H15NO/c17-14(10-11-4-1-5-11)13-8-2-6-12-7-3-9-16-15(12)13/h2-3,6-9,11H,1,4-5,10H2. The molecule has 0 spiro atoms. The van der Waals surface area contributed by atoms with Crippen molar-refractivity contribution in [1.29, 1.82) is 0 Å². The van der Waals surface area contributed by atoms with Gasteiger partial charge in [0.25, 0.3) is 0 Å². The van der Waals surface area contributed by atoms with Crippen LogP contribution >= 0.6 is 0 Å². The molecule has 1 aromatic carbocycles. The number of Topliss-reactive ketones (excluding diaryl/α,β-unsaturated/α-hetero) is 1. The summed E-state index contributed by atoms with van der Waals surface area (Å²) in [4.78, 5) is 16.6. The number of rotatable bonds is 3. The van der Waals surface area contributed by atoms with Crippen LogP contribution in [0.15, 0.2) is 36.5 Å².